The number of hydrogen-bond donors (Lipinski definition) is 2. The molecule has 0 saturated heterocycles. The lowest BCUT2D eigenvalue weighted by molar-refractivity contribution is 0.0526. The van der Waals surface area contributed by atoms with Crippen molar-refractivity contribution in [3.63, 3.8) is 0 Å². The summed E-state index contributed by atoms with van der Waals surface area (Å²) in [6.45, 7) is 4.15. The van der Waals surface area contributed by atoms with Gasteiger partial charge in [-0.15, -0.1) is 5.10 Å². The van der Waals surface area contributed by atoms with Gasteiger partial charge in [-0.3, -0.25) is 0 Å². The molecule has 0 aliphatic carbocycles. The molecule has 0 unspecified atom stereocenters. The molecular weight excluding hydrogens is 330 g/mol. The van der Waals surface area contributed by atoms with E-state index in [-0.39, 0.29) is 5.97 Å². The van der Waals surface area contributed by atoms with E-state index in [9.17, 15) is 4.79 Å². The number of hydrogen-bond acceptors (Lipinski definition) is 7. The molecule has 26 heavy (non-hydrogen) atoms. The fourth-order valence-electron chi connectivity index (χ4n) is 2.23. The van der Waals surface area contributed by atoms with Crippen LogP contribution in [-0.2, 0) is 4.74 Å². The molecule has 0 bridgehead atoms. The number of carbonyl (C=O) groups is 1. The van der Waals surface area contributed by atoms with Crippen molar-refractivity contribution in [1.29, 1.82) is 0 Å². The number of nitrogens with one attached hydrogen (secondary N) is 2. The van der Waals surface area contributed by atoms with Crippen LogP contribution in [0.4, 0.5) is 23.1 Å². The minimum absolute atomic E-state index is 0.346. The van der Waals surface area contributed by atoms with E-state index in [0.717, 1.165) is 11.4 Å². The fourth-order valence-corrected chi connectivity index (χ4v) is 2.23. The lowest BCUT2D eigenvalue weighted by Crippen LogP contribution is -2.05. The average molecular weight is 349 g/mol. The highest BCUT2D eigenvalue weighted by Crippen LogP contribution is 2.18. The third-order valence-electron chi connectivity index (χ3n) is 3.53. The highest BCUT2D eigenvalue weighted by atomic mass is 16.5. The number of carbonyl (C=O) groups excluding carboxylic acids is 1. The van der Waals surface area contributed by atoms with Gasteiger partial charge in [0.05, 0.1) is 18.4 Å². The standard InChI is InChI=1S/C19H19N5O2/c1-3-26-18(25)14-6-10-16(11-7-14)22-19-23-17(12-20-24-19)21-15-8-4-13(2)5-9-15/h4-12H,3H2,1-2H3,(H2,21,22,23,24). The second-order valence-corrected chi connectivity index (χ2v) is 5.58. The van der Waals surface area contributed by atoms with Gasteiger partial charge >= 0.3 is 5.97 Å². The van der Waals surface area contributed by atoms with Crippen LogP contribution in [0.5, 0.6) is 0 Å². The van der Waals surface area contributed by atoms with Gasteiger partial charge in [-0.25, -0.2) is 4.79 Å². The molecule has 0 aliphatic heterocycles. The number of esters is 1. The van der Waals surface area contributed by atoms with Crippen molar-refractivity contribution in [2.24, 2.45) is 0 Å². The lowest BCUT2D eigenvalue weighted by Gasteiger charge is -2.08. The van der Waals surface area contributed by atoms with E-state index < -0.39 is 0 Å². The molecule has 2 N–H and O–H groups in total. The number of nitrogens with zero attached hydrogens (tertiary/aromatic N) is 3. The summed E-state index contributed by atoms with van der Waals surface area (Å²) in [7, 11) is 0. The molecule has 2 aromatic carbocycles. The molecular formula is C19H19N5O2. The van der Waals surface area contributed by atoms with Gasteiger partial charge in [-0.05, 0) is 50.2 Å². The van der Waals surface area contributed by atoms with Gasteiger partial charge in [0.2, 0.25) is 5.95 Å². The first-order valence-corrected chi connectivity index (χ1v) is 8.21. The minimum Gasteiger partial charge on any atom is -0.462 e. The number of benzene rings is 2. The third kappa shape index (κ3) is 4.54. The number of ether oxygens (including phenoxy) is 1. The van der Waals surface area contributed by atoms with Crippen molar-refractivity contribution in [2.45, 2.75) is 13.8 Å². The van der Waals surface area contributed by atoms with Crippen LogP contribution in [0.25, 0.3) is 0 Å². The largest absolute Gasteiger partial charge is 0.462 e. The van der Waals surface area contributed by atoms with Gasteiger partial charge in [0, 0.05) is 11.4 Å². The zero-order valence-corrected chi connectivity index (χ0v) is 14.6. The van der Waals surface area contributed by atoms with Crippen LogP contribution in [0, 0.1) is 6.92 Å². The van der Waals surface area contributed by atoms with Crippen LogP contribution in [0.15, 0.2) is 54.7 Å². The van der Waals surface area contributed by atoms with Gasteiger partial charge in [0.25, 0.3) is 0 Å². The predicted octanol–water partition coefficient (Wildman–Crippen LogP) is 3.84. The first-order chi connectivity index (χ1) is 12.6. The van der Waals surface area contributed by atoms with E-state index in [1.54, 1.807) is 37.4 Å². The summed E-state index contributed by atoms with van der Waals surface area (Å²) in [5, 5.41) is 14.2. The molecule has 3 aromatic rings. The molecule has 0 aliphatic rings. The maximum Gasteiger partial charge on any atom is 0.338 e. The van der Waals surface area contributed by atoms with E-state index in [4.69, 9.17) is 4.74 Å². The van der Waals surface area contributed by atoms with E-state index in [0.29, 0.717) is 23.9 Å². The summed E-state index contributed by atoms with van der Waals surface area (Å²) in [5.41, 5.74) is 3.34. The molecule has 1 heterocycles. The van der Waals surface area contributed by atoms with Crippen molar-refractivity contribution in [3.8, 4) is 0 Å². The maximum absolute atomic E-state index is 11.7. The minimum atomic E-state index is -0.346. The Kier molecular flexibility index (Phi) is 5.38. The summed E-state index contributed by atoms with van der Waals surface area (Å²) in [6, 6.07) is 14.9. The third-order valence-corrected chi connectivity index (χ3v) is 3.53. The van der Waals surface area contributed by atoms with E-state index in [1.807, 2.05) is 31.2 Å². The summed E-state index contributed by atoms with van der Waals surface area (Å²) in [4.78, 5) is 16.1. The van der Waals surface area contributed by atoms with Gasteiger partial charge in [0.1, 0.15) is 0 Å². The lowest BCUT2D eigenvalue weighted by atomic mass is 10.2. The molecule has 0 amide bonds. The Hall–Kier alpha value is -3.48. The normalized spacial score (nSPS) is 10.2. The maximum atomic E-state index is 11.7. The molecule has 7 heteroatoms. The van der Waals surface area contributed by atoms with Crippen molar-refractivity contribution in [2.75, 3.05) is 17.2 Å². The van der Waals surface area contributed by atoms with Gasteiger partial charge in [-0.1, -0.05) is 17.7 Å². The monoisotopic (exact) mass is 349 g/mol. The molecule has 1 aromatic heterocycles. The van der Waals surface area contributed by atoms with Crippen LogP contribution in [0.1, 0.15) is 22.8 Å². The SMILES string of the molecule is CCOC(=O)c1ccc(Nc2nncc(Nc3ccc(C)cc3)n2)cc1. The van der Waals surface area contributed by atoms with Gasteiger partial charge in [0.15, 0.2) is 5.82 Å². The molecule has 0 saturated carbocycles. The number of rotatable bonds is 6. The number of anilines is 4. The first-order valence-electron chi connectivity index (χ1n) is 8.21. The average Bonchev–Trinajstić information content (AvgIpc) is 2.65. The molecule has 0 fully saturated rings. The Bertz CT molecular complexity index is 879. The Morgan fingerprint density at radius 3 is 2.35 bits per heavy atom. The highest BCUT2D eigenvalue weighted by molar-refractivity contribution is 5.89. The van der Waals surface area contributed by atoms with Crippen LogP contribution in [-0.4, -0.2) is 27.8 Å². The van der Waals surface area contributed by atoms with E-state index in [1.165, 1.54) is 5.56 Å². The predicted molar refractivity (Wildman–Crippen MR) is 100.0 cm³/mol. The van der Waals surface area contributed by atoms with Crippen molar-refractivity contribution >= 4 is 29.1 Å². The van der Waals surface area contributed by atoms with Crippen LogP contribution in [0.3, 0.4) is 0 Å². The molecule has 3 rings (SSSR count). The van der Waals surface area contributed by atoms with E-state index in [2.05, 4.69) is 25.8 Å². The second kappa shape index (κ2) is 8.06. The van der Waals surface area contributed by atoms with Crippen molar-refractivity contribution < 1.29 is 9.53 Å². The smallest absolute Gasteiger partial charge is 0.338 e. The van der Waals surface area contributed by atoms with Crippen LogP contribution in [0.2, 0.25) is 0 Å². The fraction of sp³-hybridized carbons (Fsp3) is 0.158. The Balaban J connectivity index is 1.68. The quantitative estimate of drug-likeness (QED) is 0.653. The zero-order chi connectivity index (χ0) is 18.4. The Morgan fingerprint density at radius 2 is 1.65 bits per heavy atom. The molecule has 132 valence electrons. The summed E-state index contributed by atoms with van der Waals surface area (Å²) in [6.07, 6.45) is 1.55. The summed E-state index contributed by atoms with van der Waals surface area (Å²) in [5.74, 6) is 0.585. The molecule has 0 radical (unpaired) electrons. The molecule has 0 atom stereocenters. The zero-order valence-electron chi connectivity index (χ0n) is 14.6. The Morgan fingerprint density at radius 1 is 1.00 bits per heavy atom. The van der Waals surface area contributed by atoms with E-state index >= 15 is 0 Å². The first kappa shape index (κ1) is 17.3. The topological polar surface area (TPSA) is 89.0 Å². The summed E-state index contributed by atoms with van der Waals surface area (Å²) >= 11 is 0. The molecule has 0 spiro atoms. The molecule has 7 nitrogen and oxygen atoms in total. The second-order valence-electron chi connectivity index (χ2n) is 5.58. The Labute approximate surface area is 151 Å². The number of aromatic nitrogens is 3. The van der Waals surface area contributed by atoms with Crippen molar-refractivity contribution in [3.05, 3.63) is 65.9 Å². The van der Waals surface area contributed by atoms with Crippen LogP contribution < -0.4 is 10.6 Å². The van der Waals surface area contributed by atoms with Crippen LogP contribution >= 0.6 is 0 Å². The van der Waals surface area contributed by atoms with Gasteiger partial charge in [-0.2, -0.15) is 10.1 Å². The number of aryl methyl sites for hydroxylation is 1. The van der Waals surface area contributed by atoms with Crippen molar-refractivity contribution in [1.82, 2.24) is 15.2 Å². The summed E-state index contributed by atoms with van der Waals surface area (Å²) < 4.78 is 4.96. The highest BCUT2D eigenvalue weighted by Gasteiger charge is 2.07. The van der Waals surface area contributed by atoms with Gasteiger partial charge < -0.3 is 15.4 Å².